The van der Waals surface area contributed by atoms with E-state index in [0.29, 0.717) is 24.1 Å². The van der Waals surface area contributed by atoms with E-state index in [-0.39, 0.29) is 6.04 Å². The van der Waals surface area contributed by atoms with E-state index in [4.69, 9.17) is 5.73 Å². The van der Waals surface area contributed by atoms with Crippen molar-refractivity contribution >= 4 is 16.7 Å². The first kappa shape index (κ1) is 12.6. The summed E-state index contributed by atoms with van der Waals surface area (Å²) in [5.74, 6) is -0.741. The molecule has 0 aliphatic carbocycles. The van der Waals surface area contributed by atoms with Crippen molar-refractivity contribution in [3.63, 3.8) is 0 Å². The Hall–Kier alpha value is -0.890. The number of aromatic nitrogens is 2. The van der Waals surface area contributed by atoms with Gasteiger partial charge >= 0.3 is 6.18 Å². The summed E-state index contributed by atoms with van der Waals surface area (Å²) in [4.78, 5) is 5.35. The van der Waals surface area contributed by atoms with Gasteiger partial charge in [0.1, 0.15) is 0 Å². The van der Waals surface area contributed by atoms with Gasteiger partial charge in [0.2, 0.25) is 11.0 Å². The van der Waals surface area contributed by atoms with E-state index in [2.05, 4.69) is 9.36 Å². The highest BCUT2D eigenvalue weighted by Crippen LogP contribution is 2.32. The van der Waals surface area contributed by atoms with Crippen LogP contribution in [-0.2, 0) is 6.18 Å². The number of alkyl halides is 3. The second-order valence-corrected chi connectivity index (χ2v) is 4.98. The summed E-state index contributed by atoms with van der Waals surface area (Å²) in [6, 6.07) is 0.0509. The molecule has 1 saturated heterocycles. The molecular formula is C9H13F3N4S. The fraction of sp³-hybridized carbons (Fsp3) is 0.778. The minimum atomic E-state index is -4.46. The minimum Gasteiger partial charge on any atom is -0.347 e. The van der Waals surface area contributed by atoms with Crippen molar-refractivity contribution in [1.29, 1.82) is 0 Å². The molecule has 1 aromatic rings. The highest BCUT2D eigenvalue weighted by Gasteiger charge is 2.37. The molecule has 0 aromatic carbocycles. The predicted octanol–water partition coefficient (Wildman–Crippen LogP) is 1.73. The number of rotatable bonds is 2. The van der Waals surface area contributed by atoms with Crippen LogP contribution >= 0.6 is 11.5 Å². The lowest BCUT2D eigenvalue weighted by Gasteiger charge is -2.16. The van der Waals surface area contributed by atoms with Gasteiger partial charge in [-0.1, -0.05) is 0 Å². The number of hydrogen-bond acceptors (Lipinski definition) is 5. The molecule has 1 aromatic heterocycles. The molecule has 0 spiro atoms. The largest absolute Gasteiger partial charge is 0.452 e. The molecule has 2 N–H and O–H groups in total. The van der Waals surface area contributed by atoms with Crippen LogP contribution in [0.4, 0.5) is 18.3 Å². The SMILES string of the molecule is CC(N)C1CCN(c2nc(C(F)(F)F)ns2)C1. The van der Waals surface area contributed by atoms with Crippen molar-refractivity contribution in [3.05, 3.63) is 5.82 Å². The molecule has 0 amide bonds. The van der Waals surface area contributed by atoms with Gasteiger partial charge in [-0.3, -0.25) is 0 Å². The topological polar surface area (TPSA) is 55.0 Å². The summed E-state index contributed by atoms with van der Waals surface area (Å²) in [6.45, 7) is 3.26. The third kappa shape index (κ3) is 2.68. The number of nitrogens with two attached hydrogens (primary N) is 1. The van der Waals surface area contributed by atoms with Crippen molar-refractivity contribution < 1.29 is 13.2 Å². The van der Waals surface area contributed by atoms with Crippen molar-refractivity contribution in [1.82, 2.24) is 9.36 Å². The van der Waals surface area contributed by atoms with Crippen LogP contribution in [-0.4, -0.2) is 28.5 Å². The van der Waals surface area contributed by atoms with Crippen LogP contribution in [0.5, 0.6) is 0 Å². The van der Waals surface area contributed by atoms with E-state index < -0.39 is 12.0 Å². The maximum Gasteiger partial charge on any atom is 0.452 e. The zero-order valence-corrected chi connectivity index (χ0v) is 10.1. The van der Waals surface area contributed by atoms with Gasteiger partial charge < -0.3 is 10.6 Å². The first-order valence-corrected chi connectivity index (χ1v) is 6.06. The molecule has 1 aliphatic rings. The van der Waals surface area contributed by atoms with E-state index in [1.165, 1.54) is 0 Å². The van der Waals surface area contributed by atoms with Crippen LogP contribution in [0.2, 0.25) is 0 Å². The fourth-order valence-corrected chi connectivity index (χ4v) is 2.57. The van der Waals surface area contributed by atoms with E-state index in [0.717, 1.165) is 18.0 Å². The van der Waals surface area contributed by atoms with Crippen molar-refractivity contribution in [2.75, 3.05) is 18.0 Å². The molecule has 0 radical (unpaired) electrons. The zero-order chi connectivity index (χ0) is 12.6. The smallest absolute Gasteiger partial charge is 0.347 e. The van der Waals surface area contributed by atoms with Gasteiger partial charge in [-0.2, -0.15) is 22.5 Å². The minimum absolute atomic E-state index is 0.0509. The molecule has 0 saturated carbocycles. The van der Waals surface area contributed by atoms with Crippen molar-refractivity contribution in [3.8, 4) is 0 Å². The second-order valence-electron chi connectivity index (χ2n) is 4.25. The summed E-state index contributed by atoms with van der Waals surface area (Å²) in [6.07, 6.45) is -3.58. The number of hydrogen-bond donors (Lipinski definition) is 1. The molecule has 1 fully saturated rings. The molecular weight excluding hydrogens is 253 g/mol. The molecule has 2 atom stereocenters. The molecule has 0 bridgehead atoms. The molecule has 4 nitrogen and oxygen atoms in total. The maximum absolute atomic E-state index is 12.3. The Morgan fingerprint density at radius 2 is 2.24 bits per heavy atom. The van der Waals surface area contributed by atoms with Gasteiger partial charge in [0.05, 0.1) is 0 Å². The average Bonchev–Trinajstić information content (AvgIpc) is 2.85. The summed E-state index contributed by atoms with van der Waals surface area (Å²) < 4.78 is 40.3. The zero-order valence-electron chi connectivity index (χ0n) is 9.24. The second kappa shape index (κ2) is 4.41. The standard InChI is InChI=1S/C9H13F3N4S/c1-5(13)6-2-3-16(4-6)8-14-7(15-17-8)9(10,11)12/h5-6H,2-4,13H2,1H3. The van der Waals surface area contributed by atoms with Crippen molar-refractivity contribution in [2.45, 2.75) is 25.6 Å². The molecule has 2 rings (SSSR count). The third-order valence-electron chi connectivity index (χ3n) is 2.91. The highest BCUT2D eigenvalue weighted by molar-refractivity contribution is 7.09. The Bertz CT molecular complexity index is 390. The summed E-state index contributed by atoms with van der Waals surface area (Å²) >= 11 is 0.791. The molecule has 1 aliphatic heterocycles. The number of halogens is 3. The normalized spacial score (nSPS) is 23.1. The fourth-order valence-electron chi connectivity index (χ4n) is 1.85. The molecule has 96 valence electrons. The van der Waals surface area contributed by atoms with Gasteiger partial charge in [-0.05, 0) is 19.3 Å². The first-order chi connectivity index (χ1) is 7.88. The van der Waals surface area contributed by atoms with Crippen LogP contribution in [0.3, 0.4) is 0 Å². The first-order valence-electron chi connectivity index (χ1n) is 5.29. The van der Waals surface area contributed by atoms with Gasteiger partial charge in [-0.15, -0.1) is 0 Å². The van der Waals surface area contributed by atoms with Crippen LogP contribution in [0, 0.1) is 5.92 Å². The van der Waals surface area contributed by atoms with E-state index in [1.54, 1.807) is 0 Å². The van der Waals surface area contributed by atoms with E-state index in [1.807, 2.05) is 11.8 Å². The third-order valence-corrected chi connectivity index (χ3v) is 3.68. The number of nitrogens with zero attached hydrogens (tertiary/aromatic N) is 3. The van der Waals surface area contributed by atoms with E-state index >= 15 is 0 Å². The molecule has 8 heteroatoms. The van der Waals surface area contributed by atoms with Gasteiger partial charge in [0.25, 0.3) is 0 Å². The van der Waals surface area contributed by atoms with Crippen LogP contribution in [0.1, 0.15) is 19.2 Å². The summed E-state index contributed by atoms with van der Waals surface area (Å²) in [5, 5.41) is 0.334. The predicted molar refractivity (Wildman–Crippen MR) is 58.9 cm³/mol. The Labute approximate surface area is 101 Å². The highest BCUT2D eigenvalue weighted by atomic mass is 32.1. The van der Waals surface area contributed by atoms with Crippen LogP contribution in [0.15, 0.2) is 0 Å². The molecule has 2 heterocycles. The summed E-state index contributed by atoms with van der Waals surface area (Å²) in [5.41, 5.74) is 5.77. The van der Waals surface area contributed by atoms with E-state index in [9.17, 15) is 13.2 Å². The monoisotopic (exact) mass is 266 g/mol. The Kier molecular flexibility index (Phi) is 3.26. The van der Waals surface area contributed by atoms with Crippen LogP contribution in [0.25, 0.3) is 0 Å². The number of anilines is 1. The Balaban J connectivity index is 2.07. The van der Waals surface area contributed by atoms with Gasteiger partial charge in [0, 0.05) is 30.7 Å². The van der Waals surface area contributed by atoms with Gasteiger partial charge in [-0.25, -0.2) is 0 Å². The lowest BCUT2D eigenvalue weighted by atomic mass is 10.0. The quantitative estimate of drug-likeness (QED) is 0.885. The lowest BCUT2D eigenvalue weighted by Crippen LogP contribution is -2.29. The van der Waals surface area contributed by atoms with Crippen LogP contribution < -0.4 is 10.6 Å². The summed E-state index contributed by atoms with van der Waals surface area (Å²) in [7, 11) is 0. The van der Waals surface area contributed by atoms with Gasteiger partial charge in [0.15, 0.2) is 0 Å². The molecule has 17 heavy (non-hydrogen) atoms. The average molecular weight is 266 g/mol. The Morgan fingerprint density at radius 1 is 1.53 bits per heavy atom. The molecule has 2 unspecified atom stereocenters. The Morgan fingerprint density at radius 3 is 2.71 bits per heavy atom. The maximum atomic E-state index is 12.3. The van der Waals surface area contributed by atoms with Crippen molar-refractivity contribution in [2.24, 2.45) is 11.7 Å². The lowest BCUT2D eigenvalue weighted by molar-refractivity contribution is -0.144.